The first-order valence-electron chi connectivity index (χ1n) is 6.29. The van der Waals surface area contributed by atoms with Crippen LogP contribution in [0.3, 0.4) is 0 Å². The van der Waals surface area contributed by atoms with Gasteiger partial charge in [0.2, 0.25) is 0 Å². The van der Waals surface area contributed by atoms with E-state index < -0.39 is 0 Å². The highest BCUT2D eigenvalue weighted by Crippen LogP contribution is 2.15. The lowest BCUT2D eigenvalue weighted by Crippen LogP contribution is -2.42. The number of hydrogen-bond donors (Lipinski definition) is 1. The zero-order chi connectivity index (χ0) is 11.1. The first-order chi connectivity index (χ1) is 7.20. The van der Waals surface area contributed by atoms with Crippen LogP contribution in [0.4, 0.5) is 0 Å². The average molecular weight is 213 g/mol. The highest BCUT2D eigenvalue weighted by molar-refractivity contribution is 4.73. The molecule has 0 aromatic rings. The van der Waals surface area contributed by atoms with Crippen molar-refractivity contribution in [3.63, 3.8) is 0 Å². The maximum Gasteiger partial charge on any atom is 0.0110 e. The van der Waals surface area contributed by atoms with Crippen LogP contribution in [0.25, 0.3) is 0 Å². The van der Waals surface area contributed by atoms with Gasteiger partial charge in [-0.25, -0.2) is 0 Å². The molecule has 1 atom stereocenters. The van der Waals surface area contributed by atoms with Gasteiger partial charge in [0.05, 0.1) is 0 Å². The molecule has 0 spiro atoms. The van der Waals surface area contributed by atoms with Crippen molar-refractivity contribution < 1.29 is 0 Å². The minimum atomic E-state index is 0.800. The topological polar surface area (TPSA) is 18.5 Å². The highest BCUT2D eigenvalue weighted by Gasteiger charge is 2.16. The van der Waals surface area contributed by atoms with Crippen LogP contribution in [-0.2, 0) is 0 Å². The lowest BCUT2D eigenvalue weighted by Gasteiger charge is -2.33. The van der Waals surface area contributed by atoms with E-state index in [1.165, 1.54) is 32.4 Å². The van der Waals surface area contributed by atoms with Gasteiger partial charge in [0.25, 0.3) is 0 Å². The fraction of sp³-hybridized carbons (Fsp3) is 1.00. The van der Waals surface area contributed by atoms with E-state index in [4.69, 9.17) is 0 Å². The Morgan fingerprint density at radius 3 is 2.73 bits per heavy atom. The standard InChI is InChI=1S/C12H27N3/c1-12-6-4-5-9-15(12)11-8-13-7-10-14(2)3/h12-13H,4-11H2,1-3H3. The molecule has 0 aliphatic carbocycles. The molecule has 3 nitrogen and oxygen atoms in total. The van der Waals surface area contributed by atoms with Gasteiger partial charge >= 0.3 is 0 Å². The molecule has 0 radical (unpaired) electrons. The van der Waals surface area contributed by atoms with Crippen molar-refractivity contribution in [3.8, 4) is 0 Å². The van der Waals surface area contributed by atoms with Crippen LogP contribution in [0.5, 0.6) is 0 Å². The molecule has 3 heteroatoms. The summed E-state index contributed by atoms with van der Waals surface area (Å²) in [7, 11) is 4.24. The van der Waals surface area contributed by atoms with Gasteiger partial charge in [-0.2, -0.15) is 0 Å². The van der Waals surface area contributed by atoms with E-state index in [2.05, 4.69) is 36.1 Å². The van der Waals surface area contributed by atoms with Crippen LogP contribution in [0, 0.1) is 0 Å². The first-order valence-corrected chi connectivity index (χ1v) is 6.29. The fourth-order valence-corrected chi connectivity index (χ4v) is 2.14. The van der Waals surface area contributed by atoms with Crippen molar-refractivity contribution in [2.24, 2.45) is 0 Å². The Morgan fingerprint density at radius 1 is 1.27 bits per heavy atom. The van der Waals surface area contributed by atoms with Gasteiger partial charge in [0, 0.05) is 32.2 Å². The van der Waals surface area contributed by atoms with Crippen LogP contribution in [0.15, 0.2) is 0 Å². The second-order valence-electron chi connectivity index (χ2n) is 4.93. The van der Waals surface area contributed by atoms with Crippen LogP contribution >= 0.6 is 0 Å². The minimum Gasteiger partial charge on any atom is -0.314 e. The molecule has 1 unspecified atom stereocenters. The smallest absolute Gasteiger partial charge is 0.0110 e. The SMILES string of the molecule is CC1CCCCN1CCNCCN(C)C. The van der Waals surface area contributed by atoms with Gasteiger partial charge in [0.1, 0.15) is 0 Å². The molecular weight excluding hydrogens is 186 g/mol. The summed E-state index contributed by atoms with van der Waals surface area (Å²) in [4.78, 5) is 4.84. The number of likely N-dealkylation sites (tertiary alicyclic amines) is 1. The Hall–Kier alpha value is -0.120. The fourth-order valence-electron chi connectivity index (χ4n) is 2.14. The van der Waals surface area contributed by atoms with Crippen LogP contribution < -0.4 is 5.32 Å². The largest absolute Gasteiger partial charge is 0.314 e. The molecule has 0 aromatic carbocycles. The van der Waals surface area contributed by atoms with Crippen LogP contribution in [0.2, 0.25) is 0 Å². The lowest BCUT2D eigenvalue weighted by molar-refractivity contribution is 0.161. The number of nitrogens with zero attached hydrogens (tertiary/aromatic N) is 2. The Balaban J connectivity index is 1.99. The Kier molecular flexibility index (Phi) is 6.22. The number of likely N-dealkylation sites (N-methyl/N-ethyl adjacent to an activating group) is 1. The number of hydrogen-bond acceptors (Lipinski definition) is 3. The molecule has 90 valence electrons. The molecule has 1 heterocycles. The van der Waals surface area contributed by atoms with Crippen LogP contribution in [0.1, 0.15) is 26.2 Å². The summed E-state index contributed by atoms with van der Waals surface area (Å²) in [5.41, 5.74) is 0. The molecule has 1 N–H and O–H groups in total. The molecule has 1 fully saturated rings. The third-order valence-electron chi connectivity index (χ3n) is 3.25. The molecule has 1 aliphatic rings. The first kappa shape index (κ1) is 12.9. The van der Waals surface area contributed by atoms with Crippen LogP contribution in [-0.4, -0.2) is 62.7 Å². The molecule has 0 aromatic heterocycles. The molecule has 0 bridgehead atoms. The van der Waals surface area contributed by atoms with Gasteiger partial charge in [-0.3, -0.25) is 4.90 Å². The van der Waals surface area contributed by atoms with Crippen molar-refractivity contribution in [3.05, 3.63) is 0 Å². The zero-order valence-corrected chi connectivity index (χ0v) is 10.6. The number of rotatable bonds is 6. The Bertz CT molecular complexity index is 159. The molecule has 1 aliphatic heterocycles. The molecule has 1 saturated heterocycles. The minimum absolute atomic E-state index is 0.800. The molecule has 0 saturated carbocycles. The second kappa shape index (κ2) is 7.20. The summed E-state index contributed by atoms with van der Waals surface area (Å²) in [6, 6.07) is 0.800. The van der Waals surface area contributed by atoms with E-state index in [0.717, 1.165) is 25.7 Å². The summed E-state index contributed by atoms with van der Waals surface area (Å²) in [5.74, 6) is 0. The molecule has 1 rings (SSSR count). The van der Waals surface area contributed by atoms with E-state index in [1.54, 1.807) is 0 Å². The predicted octanol–water partition coefficient (Wildman–Crippen LogP) is 1.01. The summed E-state index contributed by atoms with van der Waals surface area (Å²) < 4.78 is 0. The predicted molar refractivity (Wildman–Crippen MR) is 66.3 cm³/mol. The number of piperidine rings is 1. The Morgan fingerprint density at radius 2 is 2.07 bits per heavy atom. The highest BCUT2D eigenvalue weighted by atomic mass is 15.2. The van der Waals surface area contributed by atoms with Gasteiger partial charge in [-0.05, 0) is 40.4 Å². The van der Waals surface area contributed by atoms with Crippen molar-refractivity contribution in [2.45, 2.75) is 32.2 Å². The zero-order valence-electron chi connectivity index (χ0n) is 10.6. The summed E-state index contributed by atoms with van der Waals surface area (Å²) in [5, 5.41) is 3.50. The maximum absolute atomic E-state index is 3.50. The lowest BCUT2D eigenvalue weighted by atomic mass is 10.0. The van der Waals surface area contributed by atoms with E-state index in [9.17, 15) is 0 Å². The molecule has 15 heavy (non-hydrogen) atoms. The maximum atomic E-state index is 3.50. The van der Waals surface area contributed by atoms with Gasteiger partial charge in [-0.15, -0.1) is 0 Å². The van der Waals surface area contributed by atoms with Crippen molar-refractivity contribution in [2.75, 3.05) is 46.8 Å². The normalized spacial score (nSPS) is 23.6. The number of nitrogens with one attached hydrogen (secondary N) is 1. The van der Waals surface area contributed by atoms with E-state index in [-0.39, 0.29) is 0 Å². The third-order valence-corrected chi connectivity index (χ3v) is 3.25. The van der Waals surface area contributed by atoms with E-state index >= 15 is 0 Å². The van der Waals surface area contributed by atoms with Gasteiger partial charge in [-0.1, -0.05) is 6.42 Å². The molecular formula is C12H27N3. The Labute approximate surface area is 94.8 Å². The summed E-state index contributed by atoms with van der Waals surface area (Å²) in [6.07, 6.45) is 4.20. The van der Waals surface area contributed by atoms with E-state index in [1.807, 2.05) is 0 Å². The monoisotopic (exact) mass is 213 g/mol. The van der Waals surface area contributed by atoms with E-state index in [0.29, 0.717) is 0 Å². The quantitative estimate of drug-likeness (QED) is 0.664. The van der Waals surface area contributed by atoms with Crippen molar-refractivity contribution >= 4 is 0 Å². The van der Waals surface area contributed by atoms with Gasteiger partial charge in [0.15, 0.2) is 0 Å². The average Bonchev–Trinajstić information content (AvgIpc) is 2.20. The second-order valence-corrected chi connectivity index (χ2v) is 4.93. The summed E-state index contributed by atoms with van der Waals surface area (Å²) >= 11 is 0. The van der Waals surface area contributed by atoms with Crippen molar-refractivity contribution in [1.29, 1.82) is 0 Å². The summed E-state index contributed by atoms with van der Waals surface area (Å²) in [6.45, 7) is 8.26. The third kappa shape index (κ3) is 5.50. The van der Waals surface area contributed by atoms with Gasteiger partial charge < -0.3 is 10.2 Å². The molecule has 0 amide bonds. The van der Waals surface area contributed by atoms with Crippen molar-refractivity contribution in [1.82, 2.24) is 15.1 Å².